The SMILES string of the molecule is CCn1c(=O)c2[nH]c(/C=C/c3ccc(OCF)c(OC)c3)nc2n(CC)c1=O. The minimum atomic E-state index is -0.945. The van der Waals surface area contributed by atoms with E-state index in [4.69, 9.17) is 9.47 Å². The van der Waals surface area contributed by atoms with Crippen LogP contribution in [-0.2, 0) is 13.1 Å². The van der Waals surface area contributed by atoms with E-state index in [1.165, 1.54) is 16.2 Å². The van der Waals surface area contributed by atoms with Crippen molar-refractivity contribution >= 4 is 23.3 Å². The van der Waals surface area contributed by atoms with Crippen molar-refractivity contribution in [2.75, 3.05) is 14.0 Å². The number of nitrogens with zero attached hydrogens (tertiary/aromatic N) is 3. The monoisotopic (exact) mass is 388 g/mol. The van der Waals surface area contributed by atoms with Crippen molar-refractivity contribution in [1.82, 2.24) is 19.1 Å². The van der Waals surface area contributed by atoms with Gasteiger partial charge in [-0.25, -0.2) is 14.2 Å². The third-order valence-electron chi connectivity index (χ3n) is 4.34. The van der Waals surface area contributed by atoms with Crippen molar-refractivity contribution < 1.29 is 13.9 Å². The van der Waals surface area contributed by atoms with Gasteiger partial charge in [0.05, 0.1) is 7.11 Å². The van der Waals surface area contributed by atoms with Gasteiger partial charge in [-0.3, -0.25) is 13.9 Å². The van der Waals surface area contributed by atoms with E-state index in [-0.39, 0.29) is 17.8 Å². The van der Waals surface area contributed by atoms with E-state index in [0.717, 1.165) is 5.56 Å². The van der Waals surface area contributed by atoms with Crippen LogP contribution in [0.3, 0.4) is 0 Å². The Hall–Kier alpha value is -3.36. The number of aromatic amines is 1. The van der Waals surface area contributed by atoms with Crippen LogP contribution in [0.5, 0.6) is 11.5 Å². The lowest BCUT2D eigenvalue weighted by atomic mass is 10.2. The second kappa shape index (κ2) is 8.12. The zero-order valence-electron chi connectivity index (χ0n) is 15.9. The van der Waals surface area contributed by atoms with Gasteiger partial charge in [0, 0.05) is 13.1 Å². The van der Waals surface area contributed by atoms with E-state index in [0.29, 0.717) is 29.5 Å². The summed E-state index contributed by atoms with van der Waals surface area (Å²) in [6.07, 6.45) is 3.44. The summed E-state index contributed by atoms with van der Waals surface area (Å²) in [7, 11) is 1.47. The fourth-order valence-corrected chi connectivity index (χ4v) is 2.97. The van der Waals surface area contributed by atoms with E-state index >= 15 is 0 Å². The Morgan fingerprint density at radius 3 is 2.54 bits per heavy atom. The minimum Gasteiger partial charge on any atom is -0.493 e. The number of hydrogen-bond donors (Lipinski definition) is 1. The number of alkyl halides is 1. The summed E-state index contributed by atoms with van der Waals surface area (Å²) < 4.78 is 25.1. The van der Waals surface area contributed by atoms with Crippen LogP contribution in [0, 0.1) is 0 Å². The van der Waals surface area contributed by atoms with Crippen LogP contribution < -0.4 is 20.7 Å². The van der Waals surface area contributed by atoms with Crippen molar-refractivity contribution in [3.8, 4) is 11.5 Å². The van der Waals surface area contributed by atoms with Gasteiger partial charge in [-0.2, -0.15) is 0 Å². The molecule has 0 spiro atoms. The second-order valence-electron chi connectivity index (χ2n) is 5.89. The third-order valence-corrected chi connectivity index (χ3v) is 4.34. The molecule has 3 aromatic rings. The number of imidazole rings is 1. The Kier molecular flexibility index (Phi) is 5.62. The molecule has 0 amide bonds. The molecule has 2 heterocycles. The molecule has 9 heteroatoms. The first kappa shape index (κ1) is 19.4. The molecule has 0 fully saturated rings. The molecule has 1 aromatic carbocycles. The molecule has 0 aliphatic rings. The van der Waals surface area contributed by atoms with Gasteiger partial charge in [-0.1, -0.05) is 12.1 Å². The minimum absolute atomic E-state index is 0.283. The maximum atomic E-state index is 12.5. The average Bonchev–Trinajstić information content (AvgIpc) is 3.12. The summed E-state index contributed by atoms with van der Waals surface area (Å²) in [4.78, 5) is 32.3. The first-order valence-electron chi connectivity index (χ1n) is 8.82. The number of ether oxygens (including phenoxy) is 2. The predicted molar refractivity (Wildman–Crippen MR) is 104 cm³/mol. The van der Waals surface area contributed by atoms with Gasteiger partial charge < -0.3 is 14.5 Å². The van der Waals surface area contributed by atoms with Crippen LogP contribution in [0.25, 0.3) is 23.3 Å². The Bertz CT molecular complexity index is 1140. The Morgan fingerprint density at radius 2 is 1.89 bits per heavy atom. The molecule has 0 aliphatic carbocycles. The topological polar surface area (TPSA) is 91.1 Å². The maximum absolute atomic E-state index is 12.5. The lowest BCUT2D eigenvalue weighted by Gasteiger charge is -2.08. The number of aryl methyl sites for hydroxylation is 1. The maximum Gasteiger partial charge on any atom is 0.332 e. The summed E-state index contributed by atoms with van der Waals surface area (Å²) in [6.45, 7) is 3.30. The van der Waals surface area contributed by atoms with E-state index in [1.807, 2.05) is 6.92 Å². The third kappa shape index (κ3) is 3.42. The highest BCUT2D eigenvalue weighted by molar-refractivity contribution is 5.76. The van der Waals surface area contributed by atoms with E-state index < -0.39 is 12.4 Å². The van der Waals surface area contributed by atoms with Crippen LogP contribution in [0.4, 0.5) is 4.39 Å². The molecule has 0 radical (unpaired) electrons. The van der Waals surface area contributed by atoms with Crippen LogP contribution in [0.15, 0.2) is 27.8 Å². The zero-order valence-corrected chi connectivity index (χ0v) is 15.9. The quantitative estimate of drug-likeness (QED) is 0.671. The van der Waals surface area contributed by atoms with Crippen LogP contribution in [0.1, 0.15) is 25.2 Å². The lowest BCUT2D eigenvalue weighted by Crippen LogP contribution is -2.39. The fraction of sp³-hybridized carbons (Fsp3) is 0.316. The van der Waals surface area contributed by atoms with Crippen molar-refractivity contribution in [2.24, 2.45) is 0 Å². The summed E-state index contributed by atoms with van der Waals surface area (Å²) in [5.74, 6) is 1.14. The van der Waals surface area contributed by atoms with Gasteiger partial charge in [0.2, 0.25) is 6.86 Å². The molecule has 0 saturated carbocycles. The molecule has 0 aliphatic heterocycles. The molecule has 0 atom stereocenters. The van der Waals surface area contributed by atoms with Crippen molar-refractivity contribution in [2.45, 2.75) is 26.9 Å². The van der Waals surface area contributed by atoms with Crippen molar-refractivity contribution in [3.05, 3.63) is 50.4 Å². The van der Waals surface area contributed by atoms with Gasteiger partial charge in [0.25, 0.3) is 5.56 Å². The molecular formula is C19H21FN4O4. The normalized spacial score (nSPS) is 11.4. The Morgan fingerprint density at radius 1 is 1.14 bits per heavy atom. The van der Waals surface area contributed by atoms with E-state index in [2.05, 4.69) is 9.97 Å². The van der Waals surface area contributed by atoms with Gasteiger partial charge in [0.1, 0.15) is 11.3 Å². The fourth-order valence-electron chi connectivity index (χ4n) is 2.97. The van der Waals surface area contributed by atoms with Gasteiger partial charge >= 0.3 is 5.69 Å². The molecule has 3 rings (SSSR count). The summed E-state index contributed by atoms with van der Waals surface area (Å²) >= 11 is 0. The number of fused-ring (bicyclic) bond motifs is 1. The number of rotatable bonds is 7. The molecule has 0 unspecified atom stereocenters. The number of aromatic nitrogens is 4. The standard InChI is InChI=1S/C19H21FN4O4/c1-4-23-17-16(18(25)24(5-2)19(23)26)21-15(22-17)9-7-12-6-8-13(28-11-20)14(10-12)27-3/h6-10H,4-5,11H2,1-3H3,(H,21,22)/b9-7+. The number of nitrogens with one attached hydrogen (secondary N) is 1. The Balaban J connectivity index is 2.02. The number of benzene rings is 1. The zero-order chi connectivity index (χ0) is 20.3. The van der Waals surface area contributed by atoms with E-state index in [9.17, 15) is 14.0 Å². The molecule has 2 aromatic heterocycles. The summed E-state index contributed by atoms with van der Waals surface area (Å²) in [5, 5.41) is 0. The predicted octanol–water partition coefficient (Wildman–Crippen LogP) is 2.41. The first-order valence-corrected chi connectivity index (χ1v) is 8.82. The second-order valence-corrected chi connectivity index (χ2v) is 5.89. The lowest BCUT2D eigenvalue weighted by molar-refractivity contribution is 0.184. The van der Waals surface area contributed by atoms with Crippen molar-refractivity contribution in [3.63, 3.8) is 0 Å². The number of hydrogen-bond acceptors (Lipinski definition) is 5. The summed E-state index contributed by atoms with van der Waals surface area (Å²) in [6, 6.07) is 5.03. The molecule has 0 bridgehead atoms. The molecule has 28 heavy (non-hydrogen) atoms. The average molecular weight is 388 g/mol. The van der Waals surface area contributed by atoms with Gasteiger partial charge in [0.15, 0.2) is 17.1 Å². The Labute approximate surface area is 159 Å². The smallest absolute Gasteiger partial charge is 0.332 e. The highest BCUT2D eigenvalue weighted by Crippen LogP contribution is 2.28. The largest absolute Gasteiger partial charge is 0.493 e. The van der Waals surface area contributed by atoms with Crippen molar-refractivity contribution in [1.29, 1.82) is 0 Å². The van der Waals surface area contributed by atoms with E-state index in [1.54, 1.807) is 37.3 Å². The highest BCUT2D eigenvalue weighted by atomic mass is 19.1. The molecular weight excluding hydrogens is 367 g/mol. The highest BCUT2D eigenvalue weighted by Gasteiger charge is 2.14. The van der Waals surface area contributed by atoms with Crippen LogP contribution in [0.2, 0.25) is 0 Å². The molecule has 1 N–H and O–H groups in total. The molecule has 8 nitrogen and oxygen atoms in total. The van der Waals surface area contributed by atoms with Gasteiger partial charge in [-0.15, -0.1) is 0 Å². The first-order chi connectivity index (χ1) is 13.5. The number of halogens is 1. The number of methoxy groups -OCH3 is 1. The molecule has 0 saturated heterocycles. The van der Waals surface area contributed by atoms with Crippen LogP contribution >= 0.6 is 0 Å². The molecule has 148 valence electrons. The van der Waals surface area contributed by atoms with Gasteiger partial charge in [-0.05, 0) is 37.6 Å². The number of H-pyrrole nitrogens is 1. The van der Waals surface area contributed by atoms with Crippen LogP contribution in [-0.4, -0.2) is 33.1 Å². The summed E-state index contributed by atoms with van der Waals surface area (Å²) in [5.41, 5.74) is 0.604.